The first-order chi connectivity index (χ1) is 16.1. The Bertz CT molecular complexity index is 1450. The lowest BCUT2D eigenvalue weighted by atomic mass is 10.0. The highest BCUT2D eigenvalue weighted by Gasteiger charge is 2.26. The molecule has 2 fully saturated rings. The van der Waals surface area contributed by atoms with Crippen molar-refractivity contribution in [2.45, 2.75) is 31.8 Å². The molecular formula is C24H21N7O2. The van der Waals surface area contributed by atoms with E-state index in [0.717, 1.165) is 18.4 Å². The molecular weight excluding hydrogens is 418 g/mol. The van der Waals surface area contributed by atoms with Crippen molar-refractivity contribution in [3.05, 3.63) is 65.4 Å². The van der Waals surface area contributed by atoms with E-state index < -0.39 is 0 Å². The number of nitrogens with one attached hydrogen (secondary N) is 3. The first-order valence-corrected chi connectivity index (χ1v) is 10.9. The minimum atomic E-state index is -0.376. The summed E-state index contributed by atoms with van der Waals surface area (Å²) in [5.41, 5.74) is 2.76. The van der Waals surface area contributed by atoms with Gasteiger partial charge in [0.1, 0.15) is 0 Å². The van der Waals surface area contributed by atoms with Gasteiger partial charge in [-0.3, -0.25) is 14.9 Å². The van der Waals surface area contributed by atoms with Crippen LogP contribution in [-0.4, -0.2) is 37.4 Å². The molecule has 0 atom stereocenters. The predicted octanol–water partition coefficient (Wildman–Crippen LogP) is 2.89. The molecule has 3 N–H and O–H groups in total. The van der Waals surface area contributed by atoms with E-state index in [1.807, 2.05) is 18.2 Å². The highest BCUT2D eigenvalue weighted by molar-refractivity contribution is 6.15. The summed E-state index contributed by atoms with van der Waals surface area (Å²) in [5.74, 6) is 0.384. The molecule has 0 unspecified atom stereocenters. The fraction of sp³-hybridized carbons (Fsp3) is 0.208. The second-order valence-electron chi connectivity index (χ2n) is 8.34. The molecule has 2 aliphatic rings. The van der Waals surface area contributed by atoms with Crippen LogP contribution in [0.15, 0.2) is 54.2 Å². The summed E-state index contributed by atoms with van der Waals surface area (Å²) in [4.78, 5) is 32.9. The lowest BCUT2D eigenvalue weighted by Gasteiger charge is -2.11. The number of amides is 2. The number of imide groups is 1. The van der Waals surface area contributed by atoms with Crippen LogP contribution in [0.25, 0.3) is 22.5 Å². The number of rotatable bonds is 6. The zero-order valence-electron chi connectivity index (χ0n) is 17.7. The largest absolute Gasteiger partial charge is 0.351 e. The molecule has 164 valence electrons. The average molecular weight is 439 g/mol. The maximum Gasteiger partial charge on any atom is 0.254 e. The topological polar surface area (TPSA) is 113 Å². The molecule has 6 rings (SSSR count). The van der Waals surface area contributed by atoms with E-state index in [1.54, 1.807) is 16.8 Å². The van der Waals surface area contributed by atoms with Crippen LogP contribution in [0.2, 0.25) is 0 Å². The van der Waals surface area contributed by atoms with Gasteiger partial charge in [0.25, 0.3) is 5.91 Å². The monoisotopic (exact) mass is 439 g/mol. The third-order valence-corrected chi connectivity index (χ3v) is 5.85. The summed E-state index contributed by atoms with van der Waals surface area (Å²) in [5, 5.41) is 15.8. The maximum atomic E-state index is 12.0. The van der Waals surface area contributed by atoms with E-state index >= 15 is 0 Å². The molecule has 9 nitrogen and oxygen atoms in total. The number of carbonyl (C=O) groups is 2. The van der Waals surface area contributed by atoms with Crippen LogP contribution < -0.4 is 16.0 Å². The first kappa shape index (κ1) is 19.4. The van der Waals surface area contributed by atoms with Crippen molar-refractivity contribution in [2.75, 3.05) is 10.6 Å². The summed E-state index contributed by atoms with van der Waals surface area (Å²) in [6.45, 7) is 0.557. The second-order valence-corrected chi connectivity index (χ2v) is 8.34. The van der Waals surface area contributed by atoms with Gasteiger partial charge in [-0.05, 0) is 35.3 Å². The summed E-state index contributed by atoms with van der Waals surface area (Å²) >= 11 is 0. The molecule has 0 bridgehead atoms. The minimum Gasteiger partial charge on any atom is -0.351 e. The van der Waals surface area contributed by atoms with Gasteiger partial charge in [0.05, 0.1) is 12.6 Å². The van der Waals surface area contributed by atoms with Crippen molar-refractivity contribution in [2.24, 2.45) is 0 Å². The zero-order valence-corrected chi connectivity index (χ0v) is 17.7. The molecule has 0 spiro atoms. The van der Waals surface area contributed by atoms with E-state index in [9.17, 15) is 9.59 Å². The van der Waals surface area contributed by atoms with Crippen LogP contribution in [0.1, 0.15) is 30.4 Å². The molecule has 2 aromatic carbocycles. The van der Waals surface area contributed by atoms with Gasteiger partial charge in [0.15, 0.2) is 5.65 Å². The predicted molar refractivity (Wildman–Crippen MR) is 124 cm³/mol. The lowest BCUT2D eigenvalue weighted by molar-refractivity contribution is -0.124. The molecule has 1 saturated carbocycles. The molecule has 2 aromatic heterocycles. The Morgan fingerprint density at radius 1 is 1.09 bits per heavy atom. The quantitative estimate of drug-likeness (QED) is 0.313. The van der Waals surface area contributed by atoms with Crippen LogP contribution in [0.4, 0.5) is 11.9 Å². The van der Waals surface area contributed by atoms with E-state index in [4.69, 9.17) is 0 Å². The molecule has 1 aliphatic heterocycles. The van der Waals surface area contributed by atoms with Gasteiger partial charge in [0, 0.05) is 23.7 Å². The SMILES string of the molecule is O=C1C/C(=C\c2cnn3c(NC4CC4)nc(NCc4cccc5ccccc45)nc23)C(=O)N1. The van der Waals surface area contributed by atoms with Crippen LogP contribution in [0.5, 0.6) is 0 Å². The maximum absolute atomic E-state index is 12.0. The smallest absolute Gasteiger partial charge is 0.254 e. The van der Waals surface area contributed by atoms with E-state index in [1.165, 1.54) is 10.8 Å². The van der Waals surface area contributed by atoms with Crippen molar-refractivity contribution >= 4 is 46.2 Å². The van der Waals surface area contributed by atoms with Crippen LogP contribution in [0, 0.1) is 0 Å². The number of fused-ring (bicyclic) bond motifs is 2. The summed E-state index contributed by atoms with van der Waals surface area (Å²) in [6.07, 6.45) is 5.54. The van der Waals surface area contributed by atoms with Crippen LogP contribution >= 0.6 is 0 Å². The van der Waals surface area contributed by atoms with Gasteiger partial charge < -0.3 is 10.6 Å². The number of carbonyl (C=O) groups excluding carboxylic acids is 2. The summed E-state index contributed by atoms with van der Waals surface area (Å²) in [7, 11) is 0. The van der Waals surface area contributed by atoms with Gasteiger partial charge in [-0.2, -0.15) is 19.6 Å². The van der Waals surface area contributed by atoms with Crippen LogP contribution in [0.3, 0.4) is 0 Å². The van der Waals surface area contributed by atoms with Crippen molar-refractivity contribution < 1.29 is 9.59 Å². The Hall–Kier alpha value is -4.27. The number of hydrogen-bond donors (Lipinski definition) is 3. The number of benzene rings is 2. The molecule has 0 radical (unpaired) electrons. The van der Waals surface area contributed by atoms with Crippen molar-refractivity contribution in [3.63, 3.8) is 0 Å². The number of aromatic nitrogens is 4. The van der Waals surface area contributed by atoms with Crippen molar-refractivity contribution in [3.8, 4) is 0 Å². The number of nitrogens with zero attached hydrogens (tertiary/aromatic N) is 4. The van der Waals surface area contributed by atoms with Gasteiger partial charge in [-0.1, -0.05) is 42.5 Å². The molecule has 1 saturated heterocycles. The van der Waals surface area contributed by atoms with Crippen LogP contribution in [-0.2, 0) is 16.1 Å². The molecule has 1 aliphatic carbocycles. The number of hydrogen-bond acceptors (Lipinski definition) is 7. The molecule has 33 heavy (non-hydrogen) atoms. The van der Waals surface area contributed by atoms with Crippen molar-refractivity contribution in [1.29, 1.82) is 0 Å². The molecule has 2 amide bonds. The van der Waals surface area contributed by atoms with E-state index in [0.29, 0.717) is 41.3 Å². The lowest BCUT2D eigenvalue weighted by Crippen LogP contribution is -2.19. The Morgan fingerprint density at radius 3 is 2.76 bits per heavy atom. The standard InChI is InChI=1S/C24H21N7O2/c32-20-11-16(22(33)28-20)10-17-13-26-31-21(17)29-23(30-24(31)27-18-8-9-18)25-12-15-6-3-5-14-4-1-2-7-19(14)15/h1-7,10,13,18H,8-9,11-12H2,(H,28,32,33)(H2,25,27,29,30)/b16-10+. The normalized spacial score (nSPS) is 17.2. The average Bonchev–Trinajstić information content (AvgIpc) is 3.46. The Morgan fingerprint density at radius 2 is 1.94 bits per heavy atom. The molecule has 4 aromatic rings. The Kier molecular flexibility index (Phi) is 4.53. The van der Waals surface area contributed by atoms with Gasteiger partial charge in [0.2, 0.25) is 17.8 Å². The highest BCUT2D eigenvalue weighted by atomic mass is 16.2. The van der Waals surface area contributed by atoms with Crippen molar-refractivity contribution in [1.82, 2.24) is 24.9 Å². The third-order valence-electron chi connectivity index (χ3n) is 5.85. The van der Waals surface area contributed by atoms with E-state index in [2.05, 4.69) is 55.3 Å². The Balaban J connectivity index is 1.36. The van der Waals surface area contributed by atoms with Gasteiger partial charge in [-0.15, -0.1) is 0 Å². The fourth-order valence-electron chi connectivity index (χ4n) is 4.01. The third kappa shape index (κ3) is 3.78. The molecule has 9 heteroatoms. The Labute approximate surface area is 188 Å². The van der Waals surface area contributed by atoms with Gasteiger partial charge >= 0.3 is 0 Å². The second kappa shape index (κ2) is 7.70. The first-order valence-electron chi connectivity index (χ1n) is 10.9. The van der Waals surface area contributed by atoms with E-state index in [-0.39, 0.29) is 18.2 Å². The highest BCUT2D eigenvalue weighted by Crippen LogP contribution is 2.26. The number of anilines is 2. The summed E-state index contributed by atoms with van der Waals surface area (Å²) < 4.78 is 1.64. The fourth-order valence-corrected chi connectivity index (χ4v) is 4.01. The zero-order chi connectivity index (χ0) is 22.4. The molecule has 3 heterocycles. The minimum absolute atomic E-state index is 0.0562. The summed E-state index contributed by atoms with van der Waals surface area (Å²) in [6, 6.07) is 14.8. The van der Waals surface area contributed by atoms with Gasteiger partial charge in [-0.25, -0.2) is 0 Å².